The molecule has 0 unspecified atom stereocenters. The normalized spacial score (nSPS) is 11.6. The highest BCUT2D eigenvalue weighted by atomic mass is 16.3. The van der Waals surface area contributed by atoms with E-state index in [0.717, 1.165) is 71.9 Å². The minimum atomic E-state index is 0.638. The molecule has 5 nitrogen and oxygen atoms in total. The Morgan fingerprint density at radius 3 is 1.72 bits per heavy atom. The van der Waals surface area contributed by atoms with Crippen LogP contribution in [0, 0.1) is 0 Å². The Bertz CT molecular complexity index is 2810. The van der Waals surface area contributed by atoms with Gasteiger partial charge in [0.2, 0.25) is 0 Å². The van der Waals surface area contributed by atoms with Gasteiger partial charge in [-0.1, -0.05) is 121 Å². The maximum Gasteiger partial charge on any atom is 0.164 e. The number of aromatic nitrogens is 4. The minimum Gasteiger partial charge on any atom is -0.456 e. The molecule has 0 fully saturated rings. The third kappa shape index (κ3) is 4.60. The van der Waals surface area contributed by atoms with Crippen LogP contribution >= 0.6 is 0 Å². The van der Waals surface area contributed by atoms with Crippen molar-refractivity contribution in [1.29, 1.82) is 0 Å². The fourth-order valence-corrected chi connectivity index (χ4v) is 7.16. The van der Waals surface area contributed by atoms with Crippen molar-refractivity contribution >= 4 is 43.7 Å². The van der Waals surface area contributed by atoms with Crippen molar-refractivity contribution in [1.82, 2.24) is 19.5 Å². The van der Waals surface area contributed by atoms with Gasteiger partial charge in [-0.15, -0.1) is 0 Å². The van der Waals surface area contributed by atoms with Crippen LogP contribution in [0.4, 0.5) is 0 Å². The first-order valence-corrected chi connectivity index (χ1v) is 16.7. The molecule has 0 radical (unpaired) electrons. The summed E-state index contributed by atoms with van der Waals surface area (Å²) >= 11 is 0. The van der Waals surface area contributed by atoms with Crippen LogP contribution in [0.1, 0.15) is 0 Å². The van der Waals surface area contributed by atoms with Crippen molar-refractivity contribution in [2.45, 2.75) is 0 Å². The van der Waals surface area contributed by atoms with Gasteiger partial charge in [0, 0.05) is 43.9 Å². The lowest BCUT2D eigenvalue weighted by Gasteiger charge is -2.11. The van der Waals surface area contributed by atoms with E-state index in [0.29, 0.717) is 17.5 Å². The van der Waals surface area contributed by atoms with Gasteiger partial charge in [0.1, 0.15) is 11.2 Å². The molecular weight excluding hydrogens is 613 g/mol. The molecule has 3 heterocycles. The van der Waals surface area contributed by atoms with Crippen molar-refractivity contribution in [3.63, 3.8) is 0 Å². The molecule has 0 spiro atoms. The minimum absolute atomic E-state index is 0.638. The predicted molar refractivity (Wildman–Crippen MR) is 203 cm³/mol. The SMILES string of the molecule is c1ccc(-c2nc(-c3ccccc3)nc(-c3ccc4c(c3)c3ccccc3n4-c3cccc(-c4cccc5oc6ccccc6c45)c3)n2)cc1. The highest BCUT2D eigenvalue weighted by Gasteiger charge is 2.18. The van der Waals surface area contributed by atoms with E-state index < -0.39 is 0 Å². The topological polar surface area (TPSA) is 56.7 Å². The molecule has 5 heteroatoms. The molecule has 0 aliphatic rings. The second-order valence-electron chi connectivity index (χ2n) is 12.5. The van der Waals surface area contributed by atoms with Crippen LogP contribution < -0.4 is 0 Å². The van der Waals surface area contributed by atoms with E-state index in [1.54, 1.807) is 0 Å². The van der Waals surface area contributed by atoms with Gasteiger partial charge in [-0.25, -0.2) is 15.0 Å². The largest absolute Gasteiger partial charge is 0.456 e. The van der Waals surface area contributed by atoms with Crippen molar-refractivity contribution in [3.05, 3.63) is 170 Å². The maximum atomic E-state index is 6.23. The summed E-state index contributed by atoms with van der Waals surface area (Å²) in [6, 6.07) is 58.6. The standard InChI is InChI=1S/C45H28N4O/c1-3-13-29(14-4-1)43-46-44(30-15-5-2-6-16-30)48-45(47-43)32-25-26-39-37(28-32)35-19-7-9-22-38(35)49(39)33-18-11-17-31(27-33)34-21-12-24-41-42(34)36-20-8-10-23-40(36)50-41/h1-28H. The molecule has 7 aromatic carbocycles. The molecule has 0 aliphatic heterocycles. The van der Waals surface area contributed by atoms with E-state index in [2.05, 4.69) is 95.6 Å². The van der Waals surface area contributed by atoms with Gasteiger partial charge in [-0.3, -0.25) is 0 Å². The lowest BCUT2D eigenvalue weighted by atomic mass is 9.99. The summed E-state index contributed by atoms with van der Waals surface area (Å²) in [6.45, 7) is 0. The van der Waals surface area contributed by atoms with Gasteiger partial charge in [0.15, 0.2) is 17.5 Å². The Morgan fingerprint density at radius 2 is 0.960 bits per heavy atom. The monoisotopic (exact) mass is 640 g/mol. The maximum absolute atomic E-state index is 6.23. The first-order valence-electron chi connectivity index (χ1n) is 16.7. The Hall–Kier alpha value is -6.85. The zero-order chi connectivity index (χ0) is 33.0. The molecule has 50 heavy (non-hydrogen) atoms. The summed E-state index contributed by atoms with van der Waals surface area (Å²) in [5.41, 5.74) is 10.2. The van der Waals surface area contributed by atoms with Crippen molar-refractivity contribution in [2.24, 2.45) is 0 Å². The van der Waals surface area contributed by atoms with Gasteiger partial charge >= 0.3 is 0 Å². The number of rotatable bonds is 5. The Balaban J connectivity index is 1.15. The lowest BCUT2D eigenvalue weighted by Crippen LogP contribution is -2.00. The highest BCUT2D eigenvalue weighted by Crippen LogP contribution is 2.39. The van der Waals surface area contributed by atoms with Crippen LogP contribution in [-0.2, 0) is 0 Å². The number of nitrogens with zero attached hydrogens (tertiary/aromatic N) is 4. The Labute approximate surface area is 287 Å². The van der Waals surface area contributed by atoms with Gasteiger partial charge in [-0.2, -0.15) is 0 Å². The molecule has 0 aliphatic carbocycles. The van der Waals surface area contributed by atoms with Gasteiger partial charge < -0.3 is 8.98 Å². The summed E-state index contributed by atoms with van der Waals surface area (Å²) in [6.07, 6.45) is 0. The molecular formula is C45H28N4O. The van der Waals surface area contributed by atoms with Crippen molar-refractivity contribution in [2.75, 3.05) is 0 Å². The molecule has 10 rings (SSSR count). The molecule has 0 bridgehead atoms. The summed E-state index contributed by atoms with van der Waals surface area (Å²) in [7, 11) is 0. The van der Waals surface area contributed by atoms with Gasteiger partial charge in [0.05, 0.1) is 11.0 Å². The first-order chi connectivity index (χ1) is 24.8. The van der Waals surface area contributed by atoms with Crippen molar-refractivity contribution in [3.8, 4) is 51.0 Å². The van der Waals surface area contributed by atoms with Crippen LogP contribution in [0.5, 0.6) is 0 Å². The Morgan fingerprint density at radius 1 is 0.380 bits per heavy atom. The van der Waals surface area contributed by atoms with E-state index in [9.17, 15) is 0 Å². The van der Waals surface area contributed by atoms with Crippen LogP contribution in [0.25, 0.3) is 94.7 Å². The molecule has 3 aromatic heterocycles. The Kier molecular flexibility index (Phi) is 6.42. The second-order valence-corrected chi connectivity index (χ2v) is 12.5. The van der Waals surface area contributed by atoms with Crippen molar-refractivity contribution < 1.29 is 4.42 Å². The zero-order valence-corrected chi connectivity index (χ0v) is 26.9. The third-order valence-corrected chi connectivity index (χ3v) is 9.45. The van der Waals surface area contributed by atoms with Gasteiger partial charge in [0.25, 0.3) is 0 Å². The number of para-hydroxylation sites is 2. The van der Waals surface area contributed by atoms with Crippen LogP contribution in [0.15, 0.2) is 174 Å². The van der Waals surface area contributed by atoms with Gasteiger partial charge in [-0.05, 0) is 59.7 Å². The summed E-state index contributed by atoms with van der Waals surface area (Å²) in [5.74, 6) is 1.93. The van der Waals surface area contributed by atoms with E-state index in [1.165, 1.54) is 5.39 Å². The number of fused-ring (bicyclic) bond motifs is 6. The number of benzene rings is 7. The van der Waals surface area contributed by atoms with E-state index in [1.807, 2.05) is 78.9 Å². The molecule has 234 valence electrons. The predicted octanol–water partition coefficient (Wildman–Crippen LogP) is 11.5. The number of furan rings is 1. The lowest BCUT2D eigenvalue weighted by molar-refractivity contribution is 0.669. The summed E-state index contributed by atoms with van der Waals surface area (Å²) in [5, 5.41) is 4.55. The third-order valence-electron chi connectivity index (χ3n) is 9.45. The fourth-order valence-electron chi connectivity index (χ4n) is 7.16. The summed E-state index contributed by atoms with van der Waals surface area (Å²) in [4.78, 5) is 14.9. The fraction of sp³-hybridized carbons (Fsp3) is 0. The second kappa shape index (κ2) is 11.4. The number of hydrogen-bond donors (Lipinski definition) is 0. The zero-order valence-electron chi connectivity index (χ0n) is 26.9. The number of hydrogen-bond acceptors (Lipinski definition) is 4. The van der Waals surface area contributed by atoms with E-state index >= 15 is 0 Å². The van der Waals surface area contributed by atoms with Crippen LogP contribution in [0.3, 0.4) is 0 Å². The molecule has 10 aromatic rings. The summed E-state index contributed by atoms with van der Waals surface area (Å²) < 4.78 is 8.58. The average molecular weight is 641 g/mol. The van der Waals surface area contributed by atoms with E-state index in [-0.39, 0.29) is 0 Å². The molecule has 0 saturated carbocycles. The molecule has 0 saturated heterocycles. The van der Waals surface area contributed by atoms with E-state index in [4.69, 9.17) is 19.4 Å². The quantitative estimate of drug-likeness (QED) is 0.188. The smallest absolute Gasteiger partial charge is 0.164 e. The highest BCUT2D eigenvalue weighted by molar-refractivity contribution is 6.13. The molecule has 0 amide bonds. The first kappa shape index (κ1) is 28.2. The van der Waals surface area contributed by atoms with Crippen LogP contribution in [0.2, 0.25) is 0 Å². The molecule has 0 N–H and O–H groups in total. The molecule has 0 atom stereocenters. The average Bonchev–Trinajstić information content (AvgIpc) is 3.74. The van der Waals surface area contributed by atoms with Crippen LogP contribution in [-0.4, -0.2) is 19.5 Å².